The third-order valence-electron chi connectivity index (χ3n) is 2.44. The number of nitrogens with one attached hydrogen (secondary N) is 1. The molecule has 0 saturated heterocycles. The number of pyridine rings is 1. The van der Waals surface area contributed by atoms with E-state index in [0.717, 1.165) is 25.3 Å². The fraction of sp³-hybridized carbons (Fsp3) is 0.333. The van der Waals surface area contributed by atoms with E-state index in [2.05, 4.69) is 22.3 Å². The molecule has 0 aromatic carbocycles. The molecule has 0 aliphatic rings. The second-order valence-corrected chi connectivity index (χ2v) is 3.56. The van der Waals surface area contributed by atoms with Gasteiger partial charge in [0.1, 0.15) is 0 Å². The molecule has 0 unspecified atom stereocenters. The highest BCUT2D eigenvalue weighted by molar-refractivity contribution is 5.04. The van der Waals surface area contributed by atoms with E-state index in [1.807, 2.05) is 41.3 Å². The van der Waals surface area contributed by atoms with E-state index < -0.39 is 0 Å². The molecule has 2 heterocycles. The highest BCUT2D eigenvalue weighted by Crippen LogP contribution is 1.99. The van der Waals surface area contributed by atoms with Crippen molar-refractivity contribution in [3.63, 3.8) is 0 Å². The summed E-state index contributed by atoms with van der Waals surface area (Å²) in [5.74, 6) is 0. The van der Waals surface area contributed by atoms with Crippen molar-refractivity contribution >= 4 is 0 Å². The van der Waals surface area contributed by atoms with E-state index >= 15 is 0 Å². The zero-order chi connectivity index (χ0) is 11.2. The van der Waals surface area contributed by atoms with Gasteiger partial charge in [-0.15, -0.1) is 0 Å². The van der Waals surface area contributed by atoms with Crippen molar-refractivity contribution in [1.29, 1.82) is 0 Å². The molecule has 0 fully saturated rings. The van der Waals surface area contributed by atoms with E-state index in [-0.39, 0.29) is 0 Å². The van der Waals surface area contributed by atoms with Crippen molar-refractivity contribution in [1.82, 2.24) is 20.1 Å². The Bertz CT molecular complexity index is 422. The summed E-state index contributed by atoms with van der Waals surface area (Å²) in [5.41, 5.74) is 2.27. The van der Waals surface area contributed by atoms with Crippen LogP contribution in [0.3, 0.4) is 0 Å². The van der Waals surface area contributed by atoms with Gasteiger partial charge in [0.05, 0.1) is 11.4 Å². The van der Waals surface area contributed by atoms with Crippen LogP contribution in [0.25, 0.3) is 0 Å². The molecule has 0 saturated carbocycles. The molecular formula is C12H16N4. The lowest BCUT2D eigenvalue weighted by Crippen LogP contribution is -2.16. The first kappa shape index (κ1) is 10.8. The number of hydrogen-bond donors (Lipinski definition) is 1. The summed E-state index contributed by atoms with van der Waals surface area (Å²) in [6, 6.07) is 7.98. The van der Waals surface area contributed by atoms with Crippen molar-refractivity contribution in [2.24, 2.45) is 0 Å². The minimum absolute atomic E-state index is 0.787. The monoisotopic (exact) mass is 216 g/mol. The van der Waals surface area contributed by atoms with Crippen LogP contribution in [-0.4, -0.2) is 14.8 Å². The van der Waals surface area contributed by atoms with Gasteiger partial charge in [0.25, 0.3) is 0 Å². The Kier molecular flexibility index (Phi) is 3.66. The SMILES string of the molecule is CCn1nccc1CNCc1ccccn1. The summed E-state index contributed by atoms with van der Waals surface area (Å²) < 4.78 is 1.99. The lowest BCUT2D eigenvalue weighted by molar-refractivity contribution is 0.578. The fourth-order valence-electron chi connectivity index (χ4n) is 1.62. The first-order valence-electron chi connectivity index (χ1n) is 5.51. The van der Waals surface area contributed by atoms with Crippen LogP contribution in [0.15, 0.2) is 36.7 Å². The third kappa shape index (κ3) is 2.67. The molecule has 0 bridgehead atoms. The number of aryl methyl sites for hydroxylation is 1. The van der Waals surface area contributed by atoms with Gasteiger partial charge in [0.2, 0.25) is 0 Å². The van der Waals surface area contributed by atoms with E-state index in [4.69, 9.17) is 0 Å². The predicted molar refractivity (Wildman–Crippen MR) is 62.7 cm³/mol. The van der Waals surface area contributed by atoms with Crippen molar-refractivity contribution in [3.8, 4) is 0 Å². The Hall–Kier alpha value is -1.68. The first-order valence-corrected chi connectivity index (χ1v) is 5.51. The highest BCUT2D eigenvalue weighted by Gasteiger charge is 1.99. The second kappa shape index (κ2) is 5.42. The van der Waals surface area contributed by atoms with Crippen LogP contribution in [0.4, 0.5) is 0 Å². The predicted octanol–water partition coefficient (Wildman–Crippen LogP) is 1.59. The Morgan fingerprint density at radius 2 is 2.12 bits per heavy atom. The maximum Gasteiger partial charge on any atom is 0.0541 e. The van der Waals surface area contributed by atoms with Crippen molar-refractivity contribution in [2.75, 3.05) is 0 Å². The van der Waals surface area contributed by atoms with Crippen LogP contribution in [0, 0.1) is 0 Å². The molecule has 2 aromatic rings. The molecule has 16 heavy (non-hydrogen) atoms. The zero-order valence-corrected chi connectivity index (χ0v) is 9.43. The molecule has 0 aliphatic carbocycles. The normalized spacial score (nSPS) is 10.6. The third-order valence-corrected chi connectivity index (χ3v) is 2.44. The molecule has 2 aromatic heterocycles. The molecule has 4 heteroatoms. The summed E-state index contributed by atoms with van der Waals surface area (Å²) in [7, 11) is 0. The summed E-state index contributed by atoms with van der Waals surface area (Å²) >= 11 is 0. The molecule has 0 aliphatic heterocycles. The van der Waals surface area contributed by atoms with Gasteiger partial charge in [-0.3, -0.25) is 9.67 Å². The van der Waals surface area contributed by atoms with Crippen LogP contribution in [0.5, 0.6) is 0 Å². The molecule has 1 N–H and O–H groups in total. The van der Waals surface area contributed by atoms with Crippen molar-refractivity contribution < 1.29 is 0 Å². The Morgan fingerprint density at radius 3 is 2.88 bits per heavy atom. The number of nitrogens with zero attached hydrogens (tertiary/aromatic N) is 3. The zero-order valence-electron chi connectivity index (χ0n) is 9.43. The Balaban J connectivity index is 1.85. The topological polar surface area (TPSA) is 42.7 Å². The molecule has 2 rings (SSSR count). The lowest BCUT2D eigenvalue weighted by Gasteiger charge is -2.06. The largest absolute Gasteiger partial charge is 0.306 e. The summed E-state index contributed by atoms with van der Waals surface area (Å²) in [5, 5.41) is 7.58. The molecule has 0 atom stereocenters. The Labute approximate surface area is 95.3 Å². The van der Waals surface area contributed by atoms with Crippen molar-refractivity contribution in [3.05, 3.63) is 48.0 Å². The molecule has 0 radical (unpaired) electrons. The summed E-state index contributed by atoms with van der Waals surface area (Å²) in [6.07, 6.45) is 3.65. The van der Waals surface area contributed by atoms with Gasteiger partial charge in [0, 0.05) is 32.0 Å². The highest BCUT2D eigenvalue weighted by atomic mass is 15.3. The van der Waals surface area contributed by atoms with Gasteiger partial charge in [0.15, 0.2) is 0 Å². The summed E-state index contributed by atoms with van der Waals surface area (Å²) in [4.78, 5) is 4.26. The van der Waals surface area contributed by atoms with E-state index in [1.54, 1.807) is 0 Å². The van der Waals surface area contributed by atoms with Crippen LogP contribution < -0.4 is 5.32 Å². The van der Waals surface area contributed by atoms with Gasteiger partial charge in [-0.2, -0.15) is 5.10 Å². The average Bonchev–Trinajstić information content (AvgIpc) is 2.78. The standard InChI is InChI=1S/C12H16N4/c1-2-16-12(6-8-15-16)10-13-9-11-5-3-4-7-14-11/h3-8,13H,2,9-10H2,1H3. The van der Waals surface area contributed by atoms with E-state index in [1.165, 1.54) is 5.69 Å². The number of rotatable bonds is 5. The summed E-state index contributed by atoms with van der Waals surface area (Å²) in [6.45, 7) is 4.61. The fourth-order valence-corrected chi connectivity index (χ4v) is 1.62. The maximum atomic E-state index is 4.26. The van der Waals surface area contributed by atoms with Gasteiger partial charge in [-0.05, 0) is 25.1 Å². The van der Waals surface area contributed by atoms with Crippen LogP contribution in [0.2, 0.25) is 0 Å². The minimum Gasteiger partial charge on any atom is -0.306 e. The van der Waals surface area contributed by atoms with Crippen LogP contribution >= 0.6 is 0 Å². The van der Waals surface area contributed by atoms with E-state index in [9.17, 15) is 0 Å². The molecular weight excluding hydrogens is 200 g/mol. The smallest absolute Gasteiger partial charge is 0.0541 e. The van der Waals surface area contributed by atoms with Gasteiger partial charge < -0.3 is 5.32 Å². The van der Waals surface area contributed by atoms with Crippen molar-refractivity contribution in [2.45, 2.75) is 26.6 Å². The first-order chi connectivity index (χ1) is 7.90. The molecule has 0 amide bonds. The van der Waals surface area contributed by atoms with Gasteiger partial charge in [-0.1, -0.05) is 6.07 Å². The molecule has 0 spiro atoms. The number of aromatic nitrogens is 3. The molecule has 84 valence electrons. The average molecular weight is 216 g/mol. The lowest BCUT2D eigenvalue weighted by atomic mass is 10.3. The van der Waals surface area contributed by atoms with E-state index in [0.29, 0.717) is 0 Å². The quantitative estimate of drug-likeness (QED) is 0.825. The minimum atomic E-state index is 0.787. The van der Waals surface area contributed by atoms with Crippen LogP contribution in [0.1, 0.15) is 18.3 Å². The molecule has 4 nitrogen and oxygen atoms in total. The maximum absolute atomic E-state index is 4.26. The van der Waals surface area contributed by atoms with Crippen LogP contribution in [-0.2, 0) is 19.6 Å². The van der Waals surface area contributed by atoms with Gasteiger partial charge in [-0.25, -0.2) is 0 Å². The second-order valence-electron chi connectivity index (χ2n) is 3.56. The Morgan fingerprint density at radius 1 is 1.19 bits per heavy atom. The van der Waals surface area contributed by atoms with Gasteiger partial charge >= 0.3 is 0 Å². The number of hydrogen-bond acceptors (Lipinski definition) is 3.